The molecule has 136 valence electrons. The maximum atomic E-state index is 12.8. The predicted molar refractivity (Wildman–Crippen MR) is 107 cm³/mol. The summed E-state index contributed by atoms with van der Waals surface area (Å²) in [6, 6.07) is 17.9. The number of amides is 1. The number of fused-ring (bicyclic) bond motifs is 3. The SMILES string of the molecule is O=C(NC[C@H]1CC2c3ccccc3C1c1ccccc12)[C@@H]1C[C@H]2C=C[C@H]1C2. The summed E-state index contributed by atoms with van der Waals surface area (Å²) < 4.78 is 0. The molecule has 0 radical (unpaired) electrons. The van der Waals surface area contributed by atoms with E-state index in [2.05, 4.69) is 66.0 Å². The van der Waals surface area contributed by atoms with Crippen LogP contribution in [0.4, 0.5) is 0 Å². The molecule has 2 heteroatoms. The highest BCUT2D eigenvalue weighted by Crippen LogP contribution is 2.55. The molecule has 2 aromatic carbocycles. The molecule has 5 aliphatic rings. The number of benzene rings is 2. The first kappa shape index (κ1) is 15.7. The van der Waals surface area contributed by atoms with Gasteiger partial charge in [-0.15, -0.1) is 0 Å². The minimum Gasteiger partial charge on any atom is -0.356 e. The van der Waals surface area contributed by atoms with Gasteiger partial charge in [0.15, 0.2) is 0 Å². The van der Waals surface area contributed by atoms with Gasteiger partial charge >= 0.3 is 0 Å². The molecule has 1 amide bonds. The van der Waals surface area contributed by atoms with Crippen molar-refractivity contribution in [3.05, 3.63) is 82.9 Å². The zero-order valence-electron chi connectivity index (χ0n) is 15.5. The van der Waals surface area contributed by atoms with Crippen molar-refractivity contribution >= 4 is 5.91 Å². The molecule has 2 aromatic rings. The molecular weight excluding hydrogens is 330 g/mol. The standard InChI is InChI=1S/C25H25NO/c27-25(22-12-15-9-10-16(22)11-15)26-14-17-13-23-18-5-1-3-7-20(18)24(17)21-8-4-2-6-19(21)23/h1-10,15-17,22-24H,11-14H2,(H,26,27)/t15-,16-,17+,22+,23?,24?/m0/s1. The summed E-state index contributed by atoms with van der Waals surface area (Å²) in [5, 5.41) is 3.35. The van der Waals surface area contributed by atoms with E-state index in [1.165, 1.54) is 28.7 Å². The molecule has 4 bridgehead atoms. The Labute approximate surface area is 160 Å². The fraction of sp³-hybridized carbons (Fsp3) is 0.400. The number of carbonyl (C=O) groups is 1. The van der Waals surface area contributed by atoms with Crippen molar-refractivity contribution in [3.8, 4) is 0 Å². The number of rotatable bonds is 3. The van der Waals surface area contributed by atoms with Crippen molar-refractivity contribution in [1.82, 2.24) is 5.32 Å². The van der Waals surface area contributed by atoms with Gasteiger partial charge in [0.1, 0.15) is 0 Å². The Morgan fingerprint density at radius 2 is 1.52 bits per heavy atom. The molecule has 7 rings (SSSR count). The van der Waals surface area contributed by atoms with Crippen LogP contribution in [0.25, 0.3) is 0 Å². The average Bonchev–Trinajstić information content (AvgIpc) is 3.36. The van der Waals surface area contributed by atoms with Gasteiger partial charge in [0.2, 0.25) is 5.91 Å². The van der Waals surface area contributed by atoms with Crippen LogP contribution >= 0.6 is 0 Å². The number of carbonyl (C=O) groups excluding carboxylic acids is 1. The van der Waals surface area contributed by atoms with Crippen molar-refractivity contribution in [2.24, 2.45) is 23.7 Å². The number of allylic oxidation sites excluding steroid dienone is 2. The quantitative estimate of drug-likeness (QED) is 0.800. The van der Waals surface area contributed by atoms with Crippen LogP contribution in [0.5, 0.6) is 0 Å². The lowest BCUT2D eigenvalue weighted by atomic mass is 9.59. The van der Waals surface area contributed by atoms with Gasteiger partial charge < -0.3 is 5.32 Å². The number of nitrogens with one attached hydrogen (secondary N) is 1. The van der Waals surface area contributed by atoms with Crippen LogP contribution in [0.2, 0.25) is 0 Å². The molecule has 1 saturated carbocycles. The summed E-state index contributed by atoms with van der Waals surface area (Å²) in [6.07, 6.45) is 7.97. The Bertz CT molecular complexity index is 897. The largest absolute Gasteiger partial charge is 0.356 e. The first-order valence-electron chi connectivity index (χ1n) is 10.4. The van der Waals surface area contributed by atoms with E-state index in [1.807, 2.05) is 0 Å². The smallest absolute Gasteiger partial charge is 0.223 e. The third kappa shape index (κ3) is 2.29. The maximum absolute atomic E-state index is 12.8. The predicted octanol–water partition coefficient (Wildman–Crippen LogP) is 4.61. The van der Waals surface area contributed by atoms with Gasteiger partial charge in [-0.25, -0.2) is 0 Å². The van der Waals surface area contributed by atoms with E-state index in [4.69, 9.17) is 0 Å². The van der Waals surface area contributed by atoms with Crippen LogP contribution in [0.3, 0.4) is 0 Å². The molecule has 0 saturated heterocycles. The van der Waals surface area contributed by atoms with Gasteiger partial charge in [-0.3, -0.25) is 4.79 Å². The lowest BCUT2D eigenvalue weighted by Crippen LogP contribution is -2.41. The Morgan fingerprint density at radius 3 is 2.11 bits per heavy atom. The molecule has 1 N–H and O–H groups in total. The highest BCUT2D eigenvalue weighted by atomic mass is 16.1. The average molecular weight is 355 g/mol. The van der Waals surface area contributed by atoms with Gasteiger partial charge in [0.05, 0.1) is 0 Å². The number of hydrogen-bond acceptors (Lipinski definition) is 1. The van der Waals surface area contributed by atoms with Gasteiger partial charge in [-0.05, 0) is 59.3 Å². The Balaban J connectivity index is 1.26. The van der Waals surface area contributed by atoms with Gasteiger partial charge in [-0.2, -0.15) is 0 Å². The summed E-state index contributed by atoms with van der Waals surface area (Å²) in [6.45, 7) is 0.806. The normalized spacial score (nSPS) is 34.4. The molecule has 0 aromatic heterocycles. The van der Waals surface area contributed by atoms with E-state index in [-0.39, 0.29) is 11.8 Å². The fourth-order valence-corrected chi connectivity index (χ4v) is 6.40. The Kier molecular flexibility index (Phi) is 3.38. The lowest BCUT2D eigenvalue weighted by molar-refractivity contribution is -0.125. The molecule has 2 nitrogen and oxygen atoms in total. The van der Waals surface area contributed by atoms with E-state index >= 15 is 0 Å². The molecule has 5 aliphatic carbocycles. The van der Waals surface area contributed by atoms with Crippen LogP contribution in [0.1, 0.15) is 53.4 Å². The van der Waals surface area contributed by atoms with Gasteiger partial charge in [0.25, 0.3) is 0 Å². The summed E-state index contributed by atoms with van der Waals surface area (Å²) in [5.74, 6) is 3.03. The van der Waals surface area contributed by atoms with E-state index in [0.717, 1.165) is 19.4 Å². The van der Waals surface area contributed by atoms with Crippen LogP contribution < -0.4 is 5.32 Å². The highest BCUT2D eigenvalue weighted by Gasteiger charge is 2.44. The monoisotopic (exact) mass is 355 g/mol. The molecule has 0 aliphatic heterocycles. The molecule has 4 atom stereocenters. The molecule has 0 spiro atoms. The third-order valence-corrected chi connectivity index (χ3v) is 7.58. The van der Waals surface area contributed by atoms with Crippen molar-refractivity contribution in [3.63, 3.8) is 0 Å². The van der Waals surface area contributed by atoms with Crippen molar-refractivity contribution in [1.29, 1.82) is 0 Å². The Morgan fingerprint density at radius 1 is 0.852 bits per heavy atom. The maximum Gasteiger partial charge on any atom is 0.223 e. The van der Waals surface area contributed by atoms with Crippen LogP contribution in [0.15, 0.2) is 60.7 Å². The first-order valence-corrected chi connectivity index (χ1v) is 10.4. The second kappa shape index (κ2) is 5.82. The summed E-state index contributed by atoms with van der Waals surface area (Å²) >= 11 is 0. The summed E-state index contributed by atoms with van der Waals surface area (Å²) in [4.78, 5) is 12.8. The zero-order chi connectivity index (χ0) is 18.0. The molecular formula is C25H25NO. The fourth-order valence-electron chi connectivity index (χ4n) is 6.40. The first-order chi connectivity index (χ1) is 13.3. The van der Waals surface area contributed by atoms with E-state index < -0.39 is 0 Å². The van der Waals surface area contributed by atoms with Crippen molar-refractivity contribution in [2.75, 3.05) is 6.54 Å². The lowest BCUT2D eigenvalue weighted by Gasteiger charge is -2.45. The van der Waals surface area contributed by atoms with E-state index in [0.29, 0.717) is 29.6 Å². The minimum atomic E-state index is 0.209. The number of hydrogen-bond donors (Lipinski definition) is 1. The molecule has 1 fully saturated rings. The second-order valence-electron chi connectivity index (χ2n) is 8.92. The van der Waals surface area contributed by atoms with E-state index in [1.54, 1.807) is 0 Å². The van der Waals surface area contributed by atoms with Crippen LogP contribution in [-0.2, 0) is 4.79 Å². The van der Waals surface area contributed by atoms with Crippen molar-refractivity contribution in [2.45, 2.75) is 31.1 Å². The van der Waals surface area contributed by atoms with Crippen LogP contribution in [-0.4, -0.2) is 12.5 Å². The zero-order valence-corrected chi connectivity index (χ0v) is 15.5. The highest BCUT2D eigenvalue weighted by molar-refractivity contribution is 5.80. The summed E-state index contributed by atoms with van der Waals surface area (Å²) in [7, 11) is 0. The van der Waals surface area contributed by atoms with Gasteiger partial charge in [0, 0.05) is 24.3 Å². The molecule has 27 heavy (non-hydrogen) atoms. The minimum absolute atomic E-state index is 0.209. The van der Waals surface area contributed by atoms with E-state index in [9.17, 15) is 4.79 Å². The van der Waals surface area contributed by atoms with Gasteiger partial charge in [-0.1, -0.05) is 60.7 Å². The second-order valence-corrected chi connectivity index (χ2v) is 8.92. The topological polar surface area (TPSA) is 29.1 Å². The summed E-state index contributed by atoms with van der Waals surface area (Å²) in [5.41, 5.74) is 5.97. The van der Waals surface area contributed by atoms with Crippen molar-refractivity contribution < 1.29 is 4.79 Å². The Hall–Kier alpha value is -2.35. The molecule has 0 heterocycles. The third-order valence-electron chi connectivity index (χ3n) is 7.58. The molecule has 0 unspecified atom stereocenters. The van der Waals surface area contributed by atoms with Crippen LogP contribution in [0, 0.1) is 23.7 Å².